The molecule has 2 aromatic heterocycles. The number of thiazole rings is 1. The first-order chi connectivity index (χ1) is 9.24. The van der Waals surface area contributed by atoms with E-state index in [0.29, 0.717) is 41.3 Å². The monoisotopic (exact) mass is 297 g/mol. The fraction of sp³-hybridized carbons (Fsp3) is 0.273. The fourth-order valence-corrected chi connectivity index (χ4v) is 3.08. The summed E-state index contributed by atoms with van der Waals surface area (Å²) in [5.74, 6) is 0.981. The van der Waals surface area contributed by atoms with Crippen molar-refractivity contribution in [2.24, 2.45) is 0 Å². The number of amides is 1. The Kier molecular flexibility index (Phi) is 3.26. The molecule has 0 fully saturated rings. The predicted molar refractivity (Wildman–Crippen MR) is 73.0 cm³/mol. The summed E-state index contributed by atoms with van der Waals surface area (Å²) < 4.78 is 10.9. The number of nitrogens with one attached hydrogen (secondary N) is 1. The highest BCUT2D eigenvalue weighted by molar-refractivity contribution is 7.13. The van der Waals surface area contributed by atoms with Crippen molar-refractivity contribution in [2.75, 3.05) is 18.9 Å². The van der Waals surface area contributed by atoms with E-state index < -0.39 is 0 Å². The van der Waals surface area contributed by atoms with Gasteiger partial charge in [-0.1, -0.05) is 0 Å². The number of carbonyl (C=O) groups excluding carboxylic acids is 1. The van der Waals surface area contributed by atoms with E-state index in [0.717, 1.165) is 5.69 Å². The Morgan fingerprint density at radius 2 is 2.21 bits per heavy atom. The number of carbonyl (C=O) groups is 1. The molecule has 19 heavy (non-hydrogen) atoms. The van der Waals surface area contributed by atoms with E-state index in [9.17, 15) is 4.79 Å². The standard InChI is InChI=1S/C11H11N3O3S2/c12-11-14-6(4-19-11)3-13-10(15)9-8-7(5-18-9)16-1-2-17-8/h4-5H,1-3H2,(H2,12,14)(H,13,15). The van der Waals surface area contributed by atoms with Crippen LogP contribution in [0.3, 0.4) is 0 Å². The van der Waals surface area contributed by atoms with Gasteiger partial charge in [0.05, 0.1) is 12.2 Å². The van der Waals surface area contributed by atoms with Crippen LogP contribution in [-0.2, 0) is 6.54 Å². The molecular formula is C11H11N3O3S2. The second-order valence-electron chi connectivity index (χ2n) is 3.81. The van der Waals surface area contributed by atoms with Gasteiger partial charge in [-0.3, -0.25) is 4.79 Å². The van der Waals surface area contributed by atoms with Crippen LogP contribution in [0.15, 0.2) is 10.8 Å². The molecule has 0 atom stereocenters. The van der Waals surface area contributed by atoms with Gasteiger partial charge in [0.2, 0.25) is 0 Å². The minimum Gasteiger partial charge on any atom is -0.485 e. The normalized spacial score (nSPS) is 13.3. The zero-order valence-corrected chi connectivity index (χ0v) is 11.5. The average molecular weight is 297 g/mol. The molecule has 3 rings (SSSR count). The maximum atomic E-state index is 12.1. The van der Waals surface area contributed by atoms with E-state index in [-0.39, 0.29) is 5.91 Å². The van der Waals surface area contributed by atoms with Crippen LogP contribution in [0.5, 0.6) is 11.5 Å². The van der Waals surface area contributed by atoms with Gasteiger partial charge in [0.25, 0.3) is 5.91 Å². The molecule has 1 amide bonds. The van der Waals surface area contributed by atoms with Crippen LogP contribution in [-0.4, -0.2) is 24.1 Å². The minimum atomic E-state index is -0.191. The third-order valence-corrected chi connectivity index (χ3v) is 4.17. The molecule has 0 saturated carbocycles. The summed E-state index contributed by atoms with van der Waals surface area (Å²) >= 11 is 2.66. The molecule has 3 N–H and O–H groups in total. The first kappa shape index (κ1) is 12.2. The quantitative estimate of drug-likeness (QED) is 0.896. The van der Waals surface area contributed by atoms with Crippen molar-refractivity contribution in [2.45, 2.75) is 6.54 Å². The van der Waals surface area contributed by atoms with E-state index in [1.807, 2.05) is 5.38 Å². The van der Waals surface area contributed by atoms with Gasteiger partial charge in [-0.15, -0.1) is 22.7 Å². The first-order valence-corrected chi connectivity index (χ1v) is 7.35. The molecule has 0 aromatic carbocycles. The van der Waals surface area contributed by atoms with Gasteiger partial charge in [0, 0.05) is 10.8 Å². The Morgan fingerprint density at radius 3 is 3.00 bits per heavy atom. The summed E-state index contributed by atoms with van der Waals surface area (Å²) in [6.07, 6.45) is 0. The molecule has 6 nitrogen and oxygen atoms in total. The zero-order valence-electron chi connectivity index (χ0n) is 9.84. The van der Waals surface area contributed by atoms with Crippen LogP contribution < -0.4 is 20.5 Å². The number of anilines is 1. The van der Waals surface area contributed by atoms with E-state index >= 15 is 0 Å². The summed E-state index contributed by atoms with van der Waals surface area (Å²) in [6.45, 7) is 1.33. The summed E-state index contributed by atoms with van der Waals surface area (Å²) in [6, 6.07) is 0. The van der Waals surface area contributed by atoms with Gasteiger partial charge in [0.1, 0.15) is 18.1 Å². The van der Waals surface area contributed by atoms with Crippen LogP contribution in [0, 0.1) is 0 Å². The van der Waals surface area contributed by atoms with Crippen molar-refractivity contribution in [1.29, 1.82) is 0 Å². The SMILES string of the molecule is Nc1nc(CNC(=O)c2scc3c2OCCO3)cs1. The molecule has 8 heteroatoms. The third-order valence-electron chi connectivity index (χ3n) is 2.51. The van der Waals surface area contributed by atoms with E-state index in [1.54, 1.807) is 5.38 Å². The molecule has 0 bridgehead atoms. The number of hydrogen-bond donors (Lipinski definition) is 2. The van der Waals surface area contributed by atoms with Crippen LogP contribution in [0.25, 0.3) is 0 Å². The molecule has 0 unspecified atom stereocenters. The van der Waals surface area contributed by atoms with Gasteiger partial charge >= 0.3 is 0 Å². The number of thiophene rings is 1. The highest BCUT2D eigenvalue weighted by atomic mass is 32.1. The molecule has 1 aliphatic rings. The second kappa shape index (κ2) is 5.06. The number of nitrogens with two attached hydrogens (primary N) is 1. The number of hydrogen-bond acceptors (Lipinski definition) is 7. The van der Waals surface area contributed by atoms with Crippen molar-refractivity contribution in [3.05, 3.63) is 21.3 Å². The van der Waals surface area contributed by atoms with E-state index in [2.05, 4.69) is 10.3 Å². The number of nitrogen functional groups attached to an aromatic ring is 1. The number of ether oxygens (including phenoxy) is 2. The molecule has 0 saturated heterocycles. The fourth-order valence-electron chi connectivity index (χ4n) is 1.67. The van der Waals surface area contributed by atoms with Crippen molar-refractivity contribution in [3.8, 4) is 11.5 Å². The summed E-state index contributed by atoms with van der Waals surface area (Å²) in [5.41, 5.74) is 6.28. The predicted octanol–water partition coefficient (Wildman–Crippen LogP) is 1.49. The van der Waals surface area contributed by atoms with E-state index in [1.165, 1.54) is 22.7 Å². The number of aromatic nitrogens is 1. The maximum Gasteiger partial charge on any atom is 0.265 e. The smallest absolute Gasteiger partial charge is 0.265 e. The van der Waals surface area contributed by atoms with Crippen molar-refractivity contribution < 1.29 is 14.3 Å². The number of nitrogens with zero attached hydrogens (tertiary/aromatic N) is 1. The van der Waals surface area contributed by atoms with Crippen LogP contribution in [0.2, 0.25) is 0 Å². The third kappa shape index (κ3) is 2.49. The lowest BCUT2D eigenvalue weighted by molar-refractivity contribution is 0.0945. The summed E-state index contributed by atoms with van der Waals surface area (Å²) in [5, 5.41) is 6.88. The lowest BCUT2D eigenvalue weighted by Crippen LogP contribution is -2.23. The molecule has 0 spiro atoms. The molecular weight excluding hydrogens is 286 g/mol. The number of rotatable bonds is 3. The maximum absolute atomic E-state index is 12.1. The van der Waals surface area contributed by atoms with Crippen molar-refractivity contribution >= 4 is 33.7 Å². The highest BCUT2D eigenvalue weighted by Crippen LogP contribution is 2.39. The Hall–Kier alpha value is -1.80. The minimum absolute atomic E-state index is 0.191. The van der Waals surface area contributed by atoms with Gasteiger partial charge in [-0.2, -0.15) is 0 Å². The van der Waals surface area contributed by atoms with Gasteiger partial charge in [-0.05, 0) is 0 Å². The molecule has 0 radical (unpaired) electrons. The Labute approximate surface area is 117 Å². The van der Waals surface area contributed by atoms with Gasteiger partial charge in [-0.25, -0.2) is 4.98 Å². The summed E-state index contributed by atoms with van der Waals surface area (Å²) in [7, 11) is 0. The molecule has 1 aliphatic heterocycles. The molecule has 0 aliphatic carbocycles. The molecule has 2 aromatic rings. The topological polar surface area (TPSA) is 86.5 Å². The average Bonchev–Trinajstić information content (AvgIpc) is 3.02. The second-order valence-corrected chi connectivity index (χ2v) is 5.58. The van der Waals surface area contributed by atoms with Gasteiger partial charge < -0.3 is 20.5 Å². The van der Waals surface area contributed by atoms with Gasteiger partial charge in [0.15, 0.2) is 16.6 Å². The Bertz CT molecular complexity index is 608. The Balaban J connectivity index is 1.69. The van der Waals surface area contributed by atoms with Crippen LogP contribution in [0.4, 0.5) is 5.13 Å². The zero-order chi connectivity index (χ0) is 13.2. The van der Waals surface area contributed by atoms with Crippen molar-refractivity contribution in [3.63, 3.8) is 0 Å². The number of fused-ring (bicyclic) bond motifs is 1. The van der Waals surface area contributed by atoms with Crippen LogP contribution in [0.1, 0.15) is 15.4 Å². The first-order valence-electron chi connectivity index (χ1n) is 5.59. The molecule has 100 valence electrons. The van der Waals surface area contributed by atoms with Crippen LogP contribution >= 0.6 is 22.7 Å². The largest absolute Gasteiger partial charge is 0.485 e. The Morgan fingerprint density at radius 1 is 1.37 bits per heavy atom. The lowest BCUT2D eigenvalue weighted by Gasteiger charge is -2.15. The van der Waals surface area contributed by atoms with Crippen molar-refractivity contribution in [1.82, 2.24) is 10.3 Å². The highest BCUT2D eigenvalue weighted by Gasteiger charge is 2.23. The lowest BCUT2D eigenvalue weighted by atomic mass is 10.3. The summed E-state index contributed by atoms with van der Waals surface area (Å²) in [4.78, 5) is 16.7. The molecule has 3 heterocycles. The van der Waals surface area contributed by atoms with E-state index in [4.69, 9.17) is 15.2 Å².